The van der Waals surface area contributed by atoms with E-state index >= 15 is 0 Å². The Labute approximate surface area is 112 Å². The van der Waals surface area contributed by atoms with Crippen LogP contribution >= 0.6 is 0 Å². The van der Waals surface area contributed by atoms with Crippen molar-refractivity contribution < 1.29 is 14.7 Å². The van der Waals surface area contributed by atoms with Gasteiger partial charge in [-0.1, -0.05) is 6.07 Å². The minimum atomic E-state index is -0.956. The number of carboxylic acid groups (broad SMARTS) is 1. The molecule has 1 aromatic rings. The minimum Gasteiger partial charge on any atom is -0.481 e. The molecule has 0 unspecified atom stereocenters. The van der Waals surface area contributed by atoms with Gasteiger partial charge in [-0.2, -0.15) is 0 Å². The van der Waals surface area contributed by atoms with E-state index in [1.807, 2.05) is 19.1 Å². The number of anilines is 2. The largest absolute Gasteiger partial charge is 0.481 e. The maximum Gasteiger partial charge on any atom is 0.303 e. The van der Waals surface area contributed by atoms with Gasteiger partial charge in [0.25, 0.3) is 0 Å². The Hall–Kier alpha value is -2.04. The number of nitrogen functional groups attached to an aromatic ring is 1. The molecular formula is C14H18N2O3. The van der Waals surface area contributed by atoms with Crippen molar-refractivity contribution in [2.75, 3.05) is 17.2 Å². The molecule has 1 amide bonds. The smallest absolute Gasteiger partial charge is 0.303 e. The molecule has 0 bridgehead atoms. The molecule has 5 heteroatoms. The number of aliphatic carboxylic acids is 1. The number of nitrogens with two attached hydrogens (primary N) is 1. The van der Waals surface area contributed by atoms with Crippen molar-refractivity contribution in [3.05, 3.63) is 23.3 Å². The number of carboxylic acids is 1. The van der Waals surface area contributed by atoms with Gasteiger partial charge in [0.15, 0.2) is 0 Å². The molecule has 0 radical (unpaired) electrons. The maximum atomic E-state index is 12.1. The highest BCUT2D eigenvalue weighted by molar-refractivity contribution is 5.99. The SMILES string of the molecule is Cc1cc(N)c2c(c1)CCCN2C(=O)CCC(=O)O. The predicted octanol–water partition coefficient (Wildman–Crippen LogP) is 1.72. The normalized spacial score (nSPS) is 14.1. The fourth-order valence-electron chi connectivity index (χ4n) is 2.54. The van der Waals surface area contributed by atoms with Crippen LogP contribution in [0.15, 0.2) is 12.1 Å². The first-order valence-electron chi connectivity index (χ1n) is 6.40. The summed E-state index contributed by atoms with van der Waals surface area (Å²) in [7, 11) is 0. The van der Waals surface area contributed by atoms with Crippen molar-refractivity contribution in [2.45, 2.75) is 32.6 Å². The van der Waals surface area contributed by atoms with Gasteiger partial charge in [0, 0.05) is 13.0 Å². The number of hydrogen-bond donors (Lipinski definition) is 2. The van der Waals surface area contributed by atoms with E-state index in [-0.39, 0.29) is 18.7 Å². The van der Waals surface area contributed by atoms with E-state index in [4.69, 9.17) is 10.8 Å². The van der Waals surface area contributed by atoms with Crippen LogP contribution in [0, 0.1) is 6.92 Å². The molecular weight excluding hydrogens is 244 g/mol. The standard InChI is InChI=1S/C14H18N2O3/c1-9-7-10-3-2-6-16(14(10)11(15)8-9)12(17)4-5-13(18)19/h7-8H,2-6,15H2,1H3,(H,18,19). The third-order valence-electron chi connectivity index (χ3n) is 3.31. The molecule has 5 nitrogen and oxygen atoms in total. The highest BCUT2D eigenvalue weighted by atomic mass is 16.4. The molecule has 1 aliphatic rings. The van der Waals surface area contributed by atoms with Gasteiger partial charge in [-0.15, -0.1) is 0 Å². The summed E-state index contributed by atoms with van der Waals surface area (Å²) >= 11 is 0. The van der Waals surface area contributed by atoms with Gasteiger partial charge in [-0.25, -0.2) is 0 Å². The zero-order valence-corrected chi connectivity index (χ0v) is 11.0. The molecule has 0 atom stereocenters. The summed E-state index contributed by atoms with van der Waals surface area (Å²) in [5.74, 6) is -1.12. The van der Waals surface area contributed by atoms with Crippen molar-refractivity contribution in [1.82, 2.24) is 0 Å². The van der Waals surface area contributed by atoms with E-state index < -0.39 is 5.97 Å². The van der Waals surface area contributed by atoms with Crippen LogP contribution in [0.5, 0.6) is 0 Å². The highest BCUT2D eigenvalue weighted by Gasteiger charge is 2.25. The van der Waals surface area contributed by atoms with Gasteiger partial charge >= 0.3 is 5.97 Å². The number of rotatable bonds is 3. The molecule has 102 valence electrons. The van der Waals surface area contributed by atoms with Crippen LogP contribution in [0.4, 0.5) is 11.4 Å². The molecule has 1 aromatic carbocycles. The summed E-state index contributed by atoms with van der Waals surface area (Å²) in [6, 6.07) is 3.89. The molecule has 3 N–H and O–H groups in total. The van der Waals surface area contributed by atoms with Crippen LogP contribution in [0.25, 0.3) is 0 Å². The van der Waals surface area contributed by atoms with E-state index in [1.54, 1.807) is 4.90 Å². The topological polar surface area (TPSA) is 83.6 Å². The zero-order valence-electron chi connectivity index (χ0n) is 11.0. The van der Waals surface area contributed by atoms with E-state index in [0.29, 0.717) is 12.2 Å². The number of carbonyl (C=O) groups is 2. The first-order chi connectivity index (χ1) is 8.99. The Kier molecular flexibility index (Phi) is 3.74. The quantitative estimate of drug-likeness (QED) is 0.812. The molecule has 0 saturated carbocycles. The molecule has 0 aliphatic carbocycles. The van der Waals surface area contributed by atoms with Crippen molar-refractivity contribution in [2.24, 2.45) is 0 Å². The van der Waals surface area contributed by atoms with Gasteiger partial charge in [-0.3, -0.25) is 9.59 Å². The molecule has 0 saturated heterocycles. The Morgan fingerprint density at radius 3 is 2.79 bits per heavy atom. The Bertz CT molecular complexity index is 526. The second-order valence-corrected chi connectivity index (χ2v) is 4.90. The van der Waals surface area contributed by atoms with Gasteiger partial charge in [0.05, 0.1) is 17.8 Å². The third kappa shape index (κ3) is 2.86. The van der Waals surface area contributed by atoms with Crippen LogP contribution in [0.2, 0.25) is 0 Å². The molecule has 1 heterocycles. The second kappa shape index (κ2) is 5.30. The minimum absolute atomic E-state index is 0.0160. The number of carbonyl (C=O) groups excluding carboxylic acids is 1. The molecule has 1 aliphatic heterocycles. The average molecular weight is 262 g/mol. The Balaban J connectivity index is 2.26. The second-order valence-electron chi connectivity index (χ2n) is 4.90. The van der Waals surface area contributed by atoms with Gasteiger partial charge in [0.1, 0.15) is 0 Å². The summed E-state index contributed by atoms with van der Waals surface area (Å²) in [5.41, 5.74) is 9.54. The van der Waals surface area contributed by atoms with E-state index in [9.17, 15) is 9.59 Å². The summed E-state index contributed by atoms with van der Waals surface area (Å²) < 4.78 is 0. The highest BCUT2D eigenvalue weighted by Crippen LogP contribution is 2.34. The van der Waals surface area contributed by atoms with Gasteiger partial charge < -0.3 is 15.7 Å². The number of fused-ring (bicyclic) bond motifs is 1. The fraction of sp³-hybridized carbons (Fsp3) is 0.429. The first kappa shape index (κ1) is 13.4. The Morgan fingerprint density at radius 2 is 2.11 bits per heavy atom. The van der Waals surface area contributed by atoms with E-state index in [0.717, 1.165) is 29.7 Å². The molecule has 0 spiro atoms. The van der Waals surface area contributed by atoms with Crippen LogP contribution < -0.4 is 10.6 Å². The maximum absolute atomic E-state index is 12.1. The Morgan fingerprint density at radius 1 is 1.37 bits per heavy atom. The lowest BCUT2D eigenvalue weighted by Gasteiger charge is -2.31. The van der Waals surface area contributed by atoms with Gasteiger partial charge in [-0.05, 0) is 37.0 Å². The summed E-state index contributed by atoms with van der Waals surface area (Å²) in [6.45, 7) is 2.58. The summed E-state index contributed by atoms with van der Waals surface area (Å²) in [4.78, 5) is 24.3. The van der Waals surface area contributed by atoms with Crippen LogP contribution in [-0.4, -0.2) is 23.5 Å². The predicted molar refractivity (Wildman–Crippen MR) is 73.1 cm³/mol. The summed E-state index contributed by atoms with van der Waals surface area (Å²) in [5, 5.41) is 8.65. The number of benzene rings is 1. The third-order valence-corrected chi connectivity index (χ3v) is 3.31. The molecule has 0 aromatic heterocycles. The summed E-state index contributed by atoms with van der Waals surface area (Å²) in [6.07, 6.45) is 1.66. The number of aryl methyl sites for hydroxylation is 2. The monoisotopic (exact) mass is 262 g/mol. The van der Waals surface area contributed by atoms with Crippen LogP contribution in [-0.2, 0) is 16.0 Å². The number of nitrogens with zero attached hydrogens (tertiary/aromatic N) is 1. The molecule has 2 rings (SSSR count). The fourth-order valence-corrected chi connectivity index (χ4v) is 2.54. The lowest BCUT2D eigenvalue weighted by molar-refractivity contribution is -0.138. The lowest BCUT2D eigenvalue weighted by atomic mass is 9.97. The number of hydrogen-bond acceptors (Lipinski definition) is 3. The lowest BCUT2D eigenvalue weighted by Crippen LogP contribution is -2.36. The van der Waals surface area contributed by atoms with Crippen molar-refractivity contribution in [1.29, 1.82) is 0 Å². The van der Waals surface area contributed by atoms with Crippen LogP contribution in [0.1, 0.15) is 30.4 Å². The van der Waals surface area contributed by atoms with Crippen molar-refractivity contribution in [3.8, 4) is 0 Å². The molecule has 0 fully saturated rings. The van der Waals surface area contributed by atoms with Gasteiger partial charge in [0.2, 0.25) is 5.91 Å². The number of amides is 1. The zero-order chi connectivity index (χ0) is 14.0. The van der Waals surface area contributed by atoms with Crippen molar-refractivity contribution >= 4 is 23.3 Å². The average Bonchev–Trinajstić information content (AvgIpc) is 2.34. The van der Waals surface area contributed by atoms with Crippen molar-refractivity contribution in [3.63, 3.8) is 0 Å². The van der Waals surface area contributed by atoms with E-state index in [1.165, 1.54) is 0 Å². The van der Waals surface area contributed by atoms with E-state index in [2.05, 4.69) is 0 Å². The van der Waals surface area contributed by atoms with Crippen LogP contribution in [0.3, 0.4) is 0 Å². The molecule has 19 heavy (non-hydrogen) atoms. The first-order valence-corrected chi connectivity index (χ1v) is 6.40.